The molecule has 11 heteroatoms. The number of nitrogens with one attached hydrogen (secondary N) is 2. The molecule has 1 atom stereocenters. The molecule has 0 saturated heterocycles. The predicted octanol–water partition coefficient (Wildman–Crippen LogP) is 2.58. The standard InChI is InChI=1S/C23H28N8O3/c1-5-25-21(32)13-34-19-9-6-15(11-20(19)33-4)22-28-23(29-30(22)3)27-17-7-8-18-16(10-17)12-26-31(18)14(2)24/h6-12,14H,5,13,24H2,1-4H3,(H,25,32)(H,27,29). The van der Waals surface area contributed by atoms with Crippen molar-refractivity contribution < 1.29 is 14.3 Å². The Bertz CT molecular complexity index is 1310. The zero-order valence-electron chi connectivity index (χ0n) is 19.6. The lowest BCUT2D eigenvalue weighted by Crippen LogP contribution is -2.28. The van der Waals surface area contributed by atoms with Crippen LogP contribution in [0.1, 0.15) is 20.0 Å². The Balaban J connectivity index is 1.53. The van der Waals surface area contributed by atoms with Crippen LogP contribution in [0.4, 0.5) is 11.6 Å². The van der Waals surface area contributed by atoms with Gasteiger partial charge in [0.2, 0.25) is 5.95 Å². The van der Waals surface area contributed by atoms with Crippen molar-refractivity contribution in [2.45, 2.75) is 20.0 Å². The Hall–Kier alpha value is -4.12. The topological polar surface area (TPSA) is 134 Å². The number of anilines is 2. The number of aromatic nitrogens is 5. The number of carbonyl (C=O) groups is 1. The van der Waals surface area contributed by atoms with Gasteiger partial charge in [0.05, 0.1) is 25.0 Å². The van der Waals surface area contributed by atoms with E-state index in [0.717, 1.165) is 22.2 Å². The van der Waals surface area contributed by atoms with E-state index in [1.54, 1.807) is 34.8 Å². The summed E-state index contributed by atoms with van der Waals surface area (Å²) >= 11 is 0. The number of rotatable bonds is 9. The summed E-state index contributed by atoms with van der Waals surface area (Å²) in [6.45, 7) is 4.20. The molecule has 4 N–H and O–H groups in total. The average Bonchev–Trinajstić information content (AvgIpc) is 3.40. The van der Waals surface area contributed by atoms with Crippen LogP contribution in [0, 0.1) is 0 Å². The van der Waals surface area contributed by atoms with E-state index in [-0.39, 0.29) is 18.7 Å². The number of ether oxygens (including phenoxy) is 2. The molecule has 0 aliphatic heterocycles. The highest BCUT2D eigenvalue weighted by molar-refractivity contribution is 5.83. The molecule has 2 aromatic carbocycles. The summed E-state index contributed by atoms with van der Waals surface area (Å²) in [7, 11) is 3.36. The number of nitrogens with two attached hydrogens (primary N) is 1. The number of carbonyl (C=O) groups excluding carboxylic acids is 1. The molecule has 1 amide bonds. The van der Waals surface area contributed by atoms with Gasteiger partial charge in [-0.1, -0.05) is 0 Å². The maximum atomic E-state index is 11.7. The van der Waals surface area contributed by atoms with Gasteiger partial charge in [0.25, 0.3) is 5.91 Å². The van der Waals surface area contributed by atoms with Gasteiger partial charge in [0.1, 0.15) is 0 Å². The maximum absolute atomic E-state index is 11.7. The number of nitrogens with zero attached hydrogens (tertiary/aromatic N) is 5. The van der Waals surface area contributed by atoms with Crippen LogP contribution in [-0.2, 0) is 11.8 Å². The summed E-state index contributed by atoms with van der Waals surface area (Å²) in [5.41, 5.74) is 8.54. The first-order chi connectivity index (χ1) is 16.4. The molecule has 0 aliphatic rings. The third kappa shape index (κ3) is 4.79. The van der Waals surface area contributed by atoms with Crippen molar-refractivity contribution in [3.05, 3.63) is 42.6 Å². The smallest absolute Gasteiger partial charge is 0.257 e. The zero-order valence-corrected chi connectivity index (χ0v) is 19.6. The molecular weight excluding hydrogens is 436 g/mol. The molecule has 0 saturated carbocycles. The fraction of sp³-hybridized carbons (Fsp3) is 0.304. The summed E-state index contributed by atoms with van der Waals surface area (Å²) < 4.78 is 14.5. The maximum Gasteiger partial charge on any atom is 0.257 e. The molecule has 0 bridgehead atoms. The molecule has 0 aliphatic carbocycles. The minimum Gasteiger partial charge on any atom is -0.493 e. The van der Waals surface area contributed by atoms with Crippen LogP contribution >= 0.6 is 0 Å². The molecule has 2 heterocycles. The molecule has 34 heavy (non-hydrogen) atoms. The van der Waals surface area contributed by atoms with Crippen molar-refractivity contribution in [3.63, 3.8) is 0 Å². The van der Waals surface area contributed by atoms with Crippen molar-refractivity contribution in [2.75, 3.05) is 25.6 Å². The summed E-state index contributed by atoms with van der Waals surface area (Å²) in [4.78, 5) is 16.3. The number of hydrogen-bond donors (Lipinski definition) is 3. The number of benzene rings is 2. The van der Waals surface area contributed by atoms with E-state index in [0.29, 0.717) is 29.8 Å². The Morgan fingerprint density at radius 3 is 2.76 bits per heavy atom. The Morgan fingerprint density at radius 1 is 1.21 bits per heavy atom. The number of fused-ring (bicyclic) bond motifs is 1. The van der Waals surface area contributed by atoms with Crippen molar-refractivity contribution in [1.29, 1.82) is 0 Å². The molecular formula is C23H28N8O3. The second kappa shape index (κ2) is 9.79. The molecule has 0 spiro atoms. The Kier molecular flexibility index (Phi) is 6.64. The SMILES string of the molecule is CCNC(=O)COc1ccc(-c2nc(Nc3ccc4c(cnn4C(C)N)c3)nn2C)cc1OC. The van der Waals surface area contributed by atoms with Gasteiger partial charge >= 0.3 is 0 Å². The number of amides is 1. The van der Waals surface area contributed by atoms with Crippen LogP contribution < -0.4 is 25.8 Å². The van der Waals surface area contributed by atoms with E-state index in [9.17, 15) is 4.79 Å². The molecule has 0 radical (unpaired) electrons. The monoisotopic (exact) mass is 464 g/mol. The highest BCUT2D eigenvalue weighted by Gasteiger charge is 2.15. The van der Waals surface area contributed by atoms with Crippen LogP contribution in [-0.4, -0.2) is 50.7 Å². The fourth-order valence-electron chi connectivity index (χ4n) is 3.59. The van der Waals surface area contributed by atoms with E-state index in [1.807, 2.05) is 45.2 Å². The van der Waals surface area contributed by atoms with Gasteiger partial charge in [-0.15, -0.1) is 5.10 Å². The van der Waals surface area contributed by atoms with Gasteiger partial charge in [-0.3, -0.25) is 4.79 Å². The van der Waals surface area contributed by atoms with Crippen LogP contribution in [0.5, 0.6) is 11.5 Å². The van der Waals surface area contributed by atoms with Crippen LogP contribution in [0.15, 0.2) is 42.6 Å². The van der Waals surface area contributed by atoms with Gasteiger partial charge in [-0.2, -0.15) is 10.1 Å². The lowest BCUT2D eigenvalue weighted by Gasteiger charge is -2.11. The van der Waals surface area contributed by atoms with E-state index in [1.165, 1.54) is 0 Å². The van der Waals surface area contributed by atoms with E-state index in [4.69, 9.17) is 15.2 Å². The van der Waals surface area contributed by atoms with Gasteiger partial charge in [0, 0.05) is 30.2 Å². The predicted molar refractivity (Wildman–Crippen MR) is 129 cm³/mol. The average molecular weight is 465 g/mol. The molecule has 1 unspecified atom stereocenters. The van der Waals surface area contributed by atoms with Gasteiger partial charge in [-0.25, -0.2) is 9.36 Å². The fourth-order valence-corrected chi connectivity index (χ4v) is 3.59. The van der Waals surface area contributed by atoms with Crippen LogP contribution in [0.25, 0.3) is 22.3 Å². The van der Waals surface area contributed by atoms with Gasteiger partial charge in [0.15, 0.2) is 23.9 Å². The van der Waals surface area contributed by atoms with E-state index in [2.05, 4.69) is 25.8 Å². The van der Waals surface area contributed by atoms with Gasteiger partial charge in [-0.05, 0) is 50.2 Å². The first-order valence-corrected chi connectivity index (χ1v) is 10.9. The first kappa shape index (κ1) is 23.1. The van der Waals surface area contributed by atoms with Crippen molar-refractivity contribution in [1.82, 2.24) is 29.9 Å². The Morgan fingerprint density at radius 2 is 2.03 bits per heavy atom. The molecule has 0 fully saturated rings. The normalized spacial score (nSPS) is 11.9. The molecule has 2 aromatic heterocycles. The first-order valence-electron chi connectivity index (χ1n) is 10.9. The minimum atomic E-state index is -0.210. The van der Waals surface area contributed by atoms with Crippen molar-refractivity contribution >= 4 is 28.4 Å². The number of likely N-dealkylation sites (N-methyl/N-ethyl adjacent to an activating group) is 1. The molecule has 11 nitrogen and oxygen atoms in total. The lowest BCUT2D eigenvalue weighted by molar-refractivity contribution is -0.123. The van der Waals surface area contributed by atoms with Crippen LogP contribution in [0.2, 0.25) is 0 Å². The summed E-state index contributed by atoms with van der Waals surface area (Å²) in [5, 5.41) is 15.7. The quantitative estimate of drug-likeness (QED) is 0.344. The highest BCUT2D eigenvalue weighted by Crippen LogP contribution is 2.32. The van der Waals surface area contributed by atoms with Gasteiger partial charge < -0.3 is 25.8 Å². The number of aryl methyl sites for hydroxylation is 1. The highest BCUT2D eigenvalue weighted by atomic mass is 16.5. The number of methoxy groups -OCH3 is 1. The second-order valence-corrected chi connectivity index (χ2v) is 7.72. The largest absolute Gasteiger partial charge is 0.493 e. The third-order valence-corrected chi connectivity index (χ3v) is 5.16. The zero-order chi connectivity index (χ0) is 24.2. The second-order valence-electron chi connectivity index (χ2n) is 7.72. The number of hydrogen-bond acceptors (Lipinski definition) is 8. The van der Waals surface area contributed by atoms with Crippen molar-refractivity contribution in [3.8, 4) is 22.9 Å². The summed E-state index contributed by atoms with van der Waals surface area (Å²) in [6, 6.07) is 11.3. The molecule has 4 rings (SSSR count). The van der Waals surface area contributed by atoms with Crippen molar-refractivity contribution in [2.24, 2.45) is 12.8 Å². The third-order valence-electron chi connectivity index (χ3n) is 5.16. The molecule has 4 aromatic rings. The Labute approximate surface area is 196 Å². The lowest BCUT2D eigenvalue weighted by atomic mass is 10.2. The van der Waals surface area contributed by atoms with E-state index >= 15 is 0 Å². The van der Waals surface area contributed by atoms with Crippen LogP contribution in [0.3, 0.4) is 0 Å². The molecule has 178 valence electrons. The minimum absolute atomic E-state index is 0.0883. The summed E-state index contributed by atoms with van der Waals surface area (Å²) in [5.74, 6) is 1.86. The summed E-state index contributed by atoms with van der Waals surface area (Å²) in [6.07, 6.45) is 1.57. The van der Waals surface area contributed by atoms with E-state index < -0.39 is 0 Å².